The van der Waals surface area contributed by atoms with Crippen LogP contribution in [0.25, 0.3) is 22.0 Å². The lowest BCUT2D eigenvalue weighted by Crippen LogP contribution is -2.47. The molecule has 2 atom stereocenters. The van der Waals surface area contributed by atoms with Gasteiger partial charge in [0.2, 0.25) is 5.91 Å². The van der Waals surface area contributed by atoms with Gasteiger partial charge in [-0.3, -0.25) is 10.2 Å². The summed E-state index contributed by atoms with van der Waals surface area (Å²) in [5.74, 6) is 0.515. The number of nitrogens with zero attached hydrogens (tertiary/aromatic N) is 2. The number of carbonyl (C=O) groups excluding carboxylic acids is 1. The molecule has 5 rings (SSSR count). The summed E-state index contributed by atoms with van der Waals surface area (Å²) in [4.78, 5) is 34.5. The van der Waals surface area contributed by atoms with Gasteiger partial charge in [0.15, 0.2) is 0 Å². The van der Waals surface area contributed by atoms with Gasteiger partial charge in [0.25, 0.3) is 0 Å². The van der Waals surface area contributed by atoms with E-state index in [1.165, 1.54) is 0 Å². The summed E-state index contributed by atoms with van der Waals surface area (Å²) in [7, 11) is 0. The Morgan fingerprint density at radius 2 is 1.86 bits per heavy atom. The number of imidazole rings is 1. The number of hydrazine groups is 1. The lowest BCUT2D eigenvalue weighted by molar-refractivity contribution is -0.135. The van der Waals surface area contributed by atoms with E-state index in [1.807, 2.05) is 24.3 Å². The van der Waals surface area contributed by atoms with Crippen LogP contribution in [0.5, 0.6) is 0 Å². The molecule has 35 heavy (non-hydrogen) atoms. The van der Waals surface area contributed by atoms with Gasteiger partial charge in [-0.25, -0.2) is 15.2 Å². The molecule has 0 bridgehead atoms. The Balaban J connectivity index is 1.40. The summed E-state index contributed by atoms with van der Waals surface area (Å²) in [6, 6.07) is 20.4. The number of likely N-dealkylation sites (tertiary alicyclic amines) is 1. The Hall–Kier alpha value is -3.69. The maximum Gasteiger partial charge on any atom is 0.419 e. The lowest BCUT2D eigenvalue weighted by atomic mass is 10.1. The topological polar surface area (TPSA) is 110 Å². The number of amides is 2. The molecule has 1 aromatic heterocycles. The zero-order valence-corrected chi connectivity index (χ0v) is 20.3. The van der Waals surface area contributed by atoms with E-state index in [-0.39, 0.29) is 11.9 Å². The van der Waals surface area contributed by atoms with Crippen LogP contribution in [0.3, 0.4) is 0 Å². The fourth-order valence-corrected chi connectivity index (χ4v) is 4.96. The first kappa shape index (κ1) is 23.1. The number of carboxylic acid groups (broad SMARTS) is 1. The van der Waals surface area contributed by atoms with Crippen molar-refractivity contribution in [3.05, 3.63) is 88.8 Å². The van der Waals surface area contributed by atoms with Gasteiger partial charge >= 0.3 is 6.09 Å². The zero-order valence-electron chi connectivity index (χ0n) is 18.7. The van der Waals surface area contributed by atoms with Crippen LogP contribution < -0.4 is 10.9 Å². The zero-order chi connectivity index (χ0) is 24.4. The monoisotopic (exact) mass is 533 g/mol. The molecule has 1 saturated heterocycles. The molecule has 0 aliphatic carbocycles. The molecule has 0 unspecified atom stereocenters. The average molecular weight is 534 g/mol. The summed E-state index contributed by atoms with van der Waals surface area (Å²) in [5, 5.41) is 11.3. The van der Waals surface area contributed by atoms with Crippen LogP contribution >= 0.6 is 15.9 Å². The minimum atomic E-state index is -1.25. The Morgan fingerprint density at radius 1 is 1.09 bits per heavy atom. The molecule has 4 aromatic rings. The highest BCUT2D eigenvalue weighted by Crippen LogP contribution is 2.34. The maximum atomic E-state index is 13.6. The van der Waals surface area contributed by atoms with E-state index in [2.05, 4.69) is 67.1 Å². The molecule has 9 heteroatoms. The van der Waals surface area contributed by atoms with Crippen molar-refractivity contribution in [3.63, 3.8) is 0 Å². The van der Waals surface area contributed by atoms with Crippen LogP contribution in [-0.2, 0) is 4.79 Å². The van der Waals surface area contributed by atoms with E-state index in [1.54, 1.807) is 23.2 Å². The van der Waals surface area contributed by atoms with E-state index < -0.39 is 12.1 Å². The molecule has 0 radical (unpaired) electrons. The van der Waals surface area contributed by atoms with Gasteiger partial charge in [0.05, 0.1) is 17.9 Å². The number of halogens is 1. The van der Waals surface area contributed by atoms with Crippen molar-refractivity contribution in [1.29, 1.82) is 0 Å². The van der Waals surface area contributed by atoms with Crippen molar-refractivity contribution < 1.29 is 14.7 Å². The van der Waals surface area contributed by atoms with Crippen LogP contribution in [0.1, 0.15) is 36.3 Å². The summed E-state index contributed by atoms with van der Waals surface area (Å²) in [6.45, 7) is 0.572. The van der Waals surface area contributed by atoms with Gasteiger partial charge in [0, 0.05) is 16.6 Å². The number of fused-ring (bicyclic) bond motifs is 1. The van der Waals surface area contributed by atoms with E-state index in [0.29, 0.717) is 12.1 Å². The van der Waals surface area contributed by atoms with Crippen LogP contribution in [-0.4, -0.2) is 38.5 Å². The molecule has 2 amide bonds. The third-order valence-corrected chi connectivity index (χ3v) is 6.76. The first-order valence-electron chi connectivity index (χ1n) is 11.3. The largest absolute Gasteiger partial charge is 0.464 e. The Labute approximate surface area is 210 Å². The van der Waals surface area contributed by atoms with E-state index >= 15 is 0 Å². The number of nitrogens with one attached hydrogen (secondary N) is 3. The van der Waals surface area contributed by atoms with Crippen LogP contribution in [0.15, 0.2) is 77.4 Å². The number of aromatic amines is 1. The summed E-state index contributed by atoms with van der Waals surface area (Å²) in [5.41, 5.74) is 7.38. The number of benzene rings is 3. The lowest BCUT2D eigenvalue weighted by Gasteiger charge is -2.28. The first-order chi connectivity index (χ1) is 17.0. The Morgan fingerprint density at radius 3 is 2.66 bits per heavy atom. The number of H-pyrrole nitrogens is 1. The number of aromatic nitrogens is 2. The van der Waals surface area contributed by atoms with Crippen LogP contribution in [0, 0.1) is 0 Å². The standard InChI is InChI=1S/C26H24BrN5O3/c27-20-11-10-17-13-19(9-8-18(17)14-20)21-15-28-24(29-21)22-7-4-12-32(22)25(33)23(30-31-26(34)35)16-5-2-1-3-6-16/h1-3,5-6,8-11,13-15,22-23,30-31H,4,7,12H2,(H,28,29)(H,34,35)/t22-,23+/m0/s1. The van der Waals surface area contributed by atoms with Crippen LogP contribution in [0.2, 0.25) is 0 Å². The molecule has 3 aromatic carbocycles. The second-order valence-corrected chi connectivity index (χ2v) is 9.41. The fraction of sp³-hybridized carbons (Fsp3) is 0.192. The highest BCUT2D eigenvalue weighted by molar-refractivity contribution is 9.10. The van der Waals surface area contributed by atoms with Gasteiger partial charge in [-0.1, -0.05) is 64.5 Å². The smallest absolute Gasteiger partial charge is 0.419 e. The minimum absolute atomic E-state index is 0.207. The summed E-state index contributed by atoms with van der Waals surface area (Å²) in [6.07, 6.45) is 2.16. The van der Waals surface area contributed by atoms with Gasteiger partial charge in [-0.2, -0.15) is 0 Å². The third-order valence-electron chi connectivity index (χ3n) is 6.26. The molecule has 8 nitrogen and oxygen atoms in total. The fourth-order valence-electron chi connectivity index (χ4n) is 4.58. The molecule has 1 aliphatic heterocycles. The van der Waals surface area contributed by atoms with Crippen molar-refractivity contribution in [2.45, 2.75) is 24.9 Å². The van der Waals surface area contributed by atoms with Crippen molar-refractivity contribution in [1.82, 2.24) is 25.7 Å². The predicted molar refractivity (Wildman–Crippen MR) is 136 cm³/mol. The summed E-state index contributed by atoms with van der Waals surface area (Å²) < 4.78 is 1.04. The quantitative estimate of drug-likeness (QED) is 0.255. The number of hydrogen-bond donors (Lipinski definition) is 4. The number of rotatable bonds is 6. The van der Waals surface area contributed by atoms with Crippen molar-refractivity contribution in [2.24, 2.45) is 0 Å². The Bertz CT molecular complexity index is 1370. The second kappa shape index (κ2) is 9.89. The highest BCUT2D eigenvalue weighted by atomic mass is 79.9. The molecular weight excluding hydrogens is 510 g/mol. The maximum absolute atomic E-state index is 13.6. The first-order valence-corrected chi connectivity index (χ1v) is 12.1. The number of carbonyl (C=O) groups is 2. The van der Waals surface area contributed by atoms with Gasteiger partial charge in [-0.15, -0.1) is 0 Å². The Kier molecular flexibility index (Phi) is 6.52. The molecule has 0 saturated carbocycles. The van der Waals surface area contributed by atoms with Crippen LogP contribution in [0.4, 0.5) is 4.79 Å². The minimum Gasteiger partial charge on any atom is -0.464 e. The van der Waals surface area contributed by atoms with E-state index in [0.717, 1.165) is 45.2 Å². The number of hydrogen-bond acceptors (Lipinski definition) is 4. The van der Waals surface area contributed by atoms with E-state index in [4.69, 9.17) is 5.11 Å². The SMILES string of the molecule is O=C(O)NN[C@@H](C(=O)N1CCC[C@H]1c1ncc(-c2ccc3cc(Br)ccc3c2)[nH]1)c1ccccc1. The van der Waals surface area contributed by atoms with Gasteiger partial charge in [-0.05, 0) is 47.4 Å². The average Bonchev–Trinajstić information content (AvgIpc) is 3.54. The summed E-state index contributed by atoms with van der Waals surface area (Å²) >= 11 is 3.51. The van der Waals surface area contributed by atoms with Gasteiger partial charge in [0.1, 0.15) is 11.9 Å². The van der Waals surface area contributed by atoms with Gasteiger partial charge < -0.3 is 15.0 Å². The molecule has 2 heterocycles. The van der Waals surface area contributed by atoms with Crippen molar-refractivity contribution >= 4 is 38.7 Å². The molecule has 4 N–H and O–H groups in total. The third kappa shape index (κ3) is 4.91. The van der Waals surface area contributed by atoms with E-state index in [9.17, 15) is 9.59 Å². The highest BCUT2D eigenvalue weighted by Gasteiger charge is 2.36. The predicted octanol–water partition coefficient (Wildman–Crippen LogP) is 5.17. The molecular formula is C26H24BrN5O3. The molecule has 1 fully saturated rings. The molecule has 178 valence electrons. The molecule has 1 aliphatic rings. The normalized spacial score (nSPS) is 16.4. The second-order valence-electron chi connectivity index (χ2n) is 8.50. The van der Waals surface area contributed by atoms with Crippen molar-refractivity contribution in [3.8, 4) is 11.3 Å². The van der Waals surface area contributed by atoms with Crippen molar-refractivity contribution in [2.75, 3.05) is 6.54 Å². The molecule has 0 spiro atoms.